The zero-order chi connectivity index (χ0) is 20.8. The maximum atomic E-state index is 12.6. The lowest BCUT2D eigenvalue weighted by molar-refractivity contribution is -0.122. The molecule has 0 aliphatic carbocycles. The number of para-hydroxylation sites is 1. The summed E-state index contributed by atoms with van der Waals surface area (Å²) in [4.78, 5) is 24.9. The molecule has 3 rings (SSSR count). The molecule has 0 saturated carbocycles. The van der Waals surface area contributed by atoms with E-state index in [2.05, 4.69) is 20.9 Å². The fourth-order valence-corrected chi connectivity index (χ4v) is 2.95. The molecular weight excluding hydrogens is 366 g/mol. The van der Waals surface area contributed by atoms with Gasteiger partial charge in [0.2, 0.25) is 5.91 Å². The second kappa shape index (κ2) is 9.14. The summed E-state index contributed by atoms with van der Waals surface area (Å²) in [5.41, 5.74) is 4.75. The Labute approximate surface area is 170 Å². The van der Waals surface area contributed by atoms with Gasteiger partial charge in [-0.05, 0) is 37.5 Å². The number of amides is 2. The van der Waals surface area contributed by atoms with E-state index in [9.17, 15) is 9.59 Å². The average Bonchev–Trinajstić information content (AvgIpc) is 3.08. The lowest BCUT2D eigenvalue weighted by atomic mass is 10.1. The summed E-state index contributed by atoms with van der Waals surface area (Å²) in [5.74, 6) is -0.531. The molecule has 2 N–H and O–H groups in total. The first kappa shape index (κ1) is 20.3. The number of hydrogen-bond donors (Lipinski definition) is 2. The van der Waals surface area contributed by atoms with Crippen molar-refractivity contribution in [3.63, 3.8) is 0 Å². The van der Waals surface area contributed by atoms with Gasteiger partial charge in [-0.3, -0.25) is 9.59 Å². The van der Waals surface area contributed by atoms with Crippen molar-refractivity contribution in [1.29, 1.82) is 0 Å². The van der Waals surface area contributed by atoms with Crippen LogP contribution >= 0.6 is 0 Å². The maximum Gasteiger partial charge on any atom is 0.278 e. The molecular formula is C22H25N5O2. The highest BCUT2D eigenvalue weighted by molar-refractivity contribution is 6.04. The first-order valence-electron chi connectivity index (χ1n) is 9.59. The van der Waals surface area contributed by atoms with Gasteiger partial charge in [0.15, 0.2) is 5.69 Å². The van der Waals surface area contributed by atoms with Gasteiger partial charge in [0, 0.05) is 12.2 Å². The number of hydrogen-bond acceptors (Lipinski definition) is 4. The Bertz CT molecular complexity index is 1010. The van der Waals surface area contributed by atoms with Crippen molar-refractivity contribution in [3.05, 3.63) is 76.6 Å². The van der Waals surface area contributed by atoms with Crippen LogP contribution in [0.5, 0.6) is 0 Å². The maximum absolute atomic E-state index is 12.6. The molecule has 2 aromatic carbocycles. The molecule has 1 aromatic heterocycles. The summed E-state index contributed by atoms with van der Waals surface area (Å²) in [6.07, 6.45) is 0.809. The molecule has 0 saturated heterocycles. The Morgan fingerprint density at radius 2 is 1.76 bits per heavy atom. The third-order valence-corrected chi connectivity index (χ3v) is 4.75. The third-order valence-electron chi connectivity index (χ3n) is 4.75. The van der Waals surface area contributed by atoms with Crippen molar-refractivity contribution in [2.24, 2.45) is 0 Å². The third kappa shape index (κ3) is 5.07. The number of carbonyl (C=O) groups is 2. The quantitative estimate of drug-likeness (QED) is 0.648. The zero-order valence-corrected chi connectivity index (χ0v) is 16.9. The van der Waals surface area contributed by atoms with Crippen LogP contribution in [-0.2, 0) is 24.3 Å². The van der Waals surface area contributed by atoms with Gasteiger partial charge in [-0.1, -0.05) is 60.2 Å². The fourth-order valence-electron chi connectivity index (χ4n) is 2.95. The summed E-state index contributed by atoms with van der Waals surface area (Å²) >= 11 is 0. The average molecular weight is 391 g/mol. The van der Waals surface area contributed by atoms with Gasteiger partial charge in [0.25, 0.3) is 5.91 Å². The van der Waals surface area contributed by atoms with Crippen molar-refractivity contribution in [2.45, 2.75) is 40.3 Å². The molecule has 150 valence electrons. The van der Waals surface area contributed by atoms with Crippen LogP contribution < -0.4 is 10.6 Å². The molecule has 3 aromatic rings. The monoisotopic (exact) mass is 391 g/mol. The highest BCUT2D eigenvalue weighted by Crippen LogP contribution is 2.17. The molecule has 0 aliphatic heterocycles. The minimum atomic E-state index is -0.338. The van der Waals surface area contributed by atoms with E-state index in [1.54, 1.807) is 6.92 Å². The van der Waals surface area contributed by atoms with Gasteiger partial charge in [-0.2, -0.15) is 0 Å². The minimum absolute atomic E-state index is 0.00349. The first-order chi connectivity index (χ1) is 14.0. The topological polar surface area (TPSA) is 88.9 Å². The zero-order valence-electron chi connectivity index (χ0n) is 16.9. The van der Waals surface area contributed by atoms with Gasteiger partial charge in [0.1, 0.15) is 6.54 Å². The molecule has 0 aliphatic rings. The fraction of sp³-hybridized carbons (Fsp3) is 0.273. The number of aromatic nitrogens is 3. The summed E-state index contributed by atoms with van der Waals surface area (Å²) in [6, 6.07) is 15.6. The predicted molar refractivity (Wildman–Crippen MR) is 112 cm³/mol. The highest BCUT2D eigenvalue weighted by Gasteiger charge is 2.18. The van der Waals surface area contributed by atoms with E-state index in [0.717, 1.165) is 23.2 Å². The number of rotatable bonds is 7. The van der Waals surface area contributed by atoms with Crippen LogP contribution in [0.1, 0.15) is 39.8 Å². The molecule has 0 fully saturated rings. The Hall–Kier alpha value is -3.48. The number of benzene rings is 2. The molecule has 7 heteroatoms. The molecule has 0 unspecified atom stereocenters. The molecule has 0 bridgehead atoms. The first-order valence-corrected chi connectivity index (χ1v) is 9.59. The summed E-state index contributed by atoms with van der Waals surface area (Å²) < 4.78 is 1.44. The van der Waals surface area contributed by atoms with Crippen LogP contribution in [0.3, 0.4) is 0 Å². The van der Waals surface area contributed by atoms with E-state index < -0.39 is 0 Å². The Morgan fingerprint density at radius 3 is 2.48 bits per heavy atom. The molecule has 2 amide bonds. The lowest BCUT2D eigenvalue weighted by Gasteiger charge is -2.09. The van der Waals surface area contributed by atoms with Crippen molar-refractivity contribution in [2.75, 3.05) is 5.32 Å². The van der Waals surface area contributed by atoms with Gasteiger partial charge < -0.3 is 10.6 Å². The molecule has 1 heterocycles. The van der Waals surface area contributed by atoms with Crippen LogP contribution in [0.2, 0.25) is 0 Å². The van der Waals surface area contributed by atoms with Crippen LogP contribution in [0.4, 0.5) is 5.69 Å². The van der Waals surface area contributed by atoms with Crippen molar-refractivity contribution in [1.82, 2.24) is 20.3 Å². The minimum Gasteiger partial charge on any atom is -0.350 e. The van der Waals surface area contributed by atoms with Gasteiger partial charge in [-0.15, -0.1) is 5.10 Å². The van der Waals surface area contributed by atoms with Crippen molar-refractivity contribution >= 4 is 17.5 Å². The normalized spacial score (nSPS) is 10.6. The van der Waals surface area contributed by atoms with Crippen LogP contribution in [0.15, 0.2) is 48.5 Å². The summed E-state index contributed by atoms with van der Waals surface area (Å²) in [5, 5.41) is 13.7. The smallest absolute Gasteiger partial charge is 0.278 e. The number of nitrogens with one attached hydrogen (secondary N) is 2. The van der Waals surface area contributed by atoms with Gasteiger partial charge in [0.05, 0.1) is 5.69 Å². The molecule has 7 nitrogen and oxygen atoms in total. The largest absolute Gasteiger partial charge is 0.350 e. The standard InChI is InChI=1S/C22H25N5O2/c1-4-18-7-5-6-8-19(18)24-22(29)21-16(3)27(26-25-21)14-20(28)23-13-17-11-9-15(2)10-12-17/h5-12H,4,13-14H2,1-3H3,(H,23,28)(H,24,29). The van der Waals surface area contributed by atoms with Crippen LogP contribution in [-0.4, -0.2) is 26.8 Å². The lowest BCUT2D eigenvalue weighted by Crippen LogP contribution is -2.28. The number of nitrogens with zero attached hydrogens (tertiary/aromatic N) is 3. The predicted octanol–water partition coefficient (Wildman–Crippen LogP) is 3.03. The van der Waals surface area contributed by atoms with E-state index in [0.29, 0.717) is 12.2 Å². The number of anilines is 1. The molecule has 0 spiro atoms. The van der Waals surface area contributed by atoms with E-state index >= 15 is 0 Å². The Balaban J connectivity index is 1.61. The van der Waals surface area contributed by atoms with E-state index in [1.807, 2.05) is 62.4 Å². The van der Waals surface area contributed by atoms with Gasteiger partial charge in [-0.25, -0.2) is 4.68 Å². The molecule has 0 radical (unpaired) electrons. The van der Waals surface area contributed by atoms with Crippen molar-refractivity contribution in [3.8, 4) is 0 Å². The second-order valence-corrected chi connectivity index (χ2v) is 6.91. The van der Waals surface area contributed by atoms with E-state index in [-0.39, 0.29) is 24.1 Å². The highest BCUT2D eigenvalue weighted by atomic mass is 16.2. The summed E-state index contributed by atoms with van der Waals surface area (Å²) in [7, 11) is 0. The molecule has 29 heavy (non-hydrogen) atoms. The number of aryl methyl sites for hydroxylation is 2. The van der Waals surface area contributed by atoms with Crippen LogP contribution in [0.25, 0.3) is 0 Å². The van der Waals surface area contributed by atoms with Gasteiger partial charge >= 0.3 is 0 Å². The molecule has 0 atom stereocenters. The Morgan fingerprint density at radius 1 is 1.03 bits per heavy atom. The van der Waals surface area contributed by atoms with E-state index in [4.69, 9.17) is 0 Å². The van der Waals surface area contributed by atoms with Crippen LogP contribution in [0, 0.1) is 13.8 Å². The van der Waals surface area contributed by atoms with E-state index in [1.165, 1.54) is 10.2 Å². The summed E-state index contributed by atoms with van der Waals surface area (Å²) in [6.45, 7) is 6.22. The second-order valence-electron chi connectivity index (χ2n) is 6.91. The number of carbonyl (C=O) groups excluding carboxylic acids is 2. The Kier molecular flexibility index (Phi) is 6.39. The SMILES string of the molecule is CCc1ccccc1NC(=O)c1nnn(CC(=O)NCc2ccc(C)cc2)c1C. The van der Waals surface area contributed by atoms with Crippen molar-refractivity contribution < 1.29 is 9.59 Å².